The summed E-state index contributed by atoms with van der Waals surface area (Å²) in [5.41, 5.74) is 3.23. The Morgan fingerprint density at radius 2 is 2.12 bits per heavy atom. The molecule has 5 nitrogen and oxygen atoms in total. The molecule has 0 unspecified atom stereocenters. The van der Waals surface area contributed by atoms with Crippen LogP contribution in [0.4, 0.5) is 0 Å². The summed E-state index contributed by atoms with van der Waals surface area (Å²) in [5.74, 6) is 2.57. The topological polar surface area (TPSA) is 66.6 Å². The normalized spacial score (nSPS) is 20.3. The summed E-state index contributed by atoms with van der Waals surface area (Å²) in [6, 6.07) is 10.3. The van der Waals surface area contributed by atoms with Crippen LogP contribution >= 0.6 is 11.8 Å². The van der Waals surface area contributed by atoms with Gasteiger partial charge >= 0.3 is 0 Å². The van der Waals surface area contributed by atoms with Gasteiger partial charge in [0.05, 0.1) is 11.4 Å². The second kappa shape index (κ2) is 8.73. The number of hydrogen-bond acceptors (Lipinski definition) is 5. The maximum absolute atomic E-state index is 12.6. The van der Waals surface area contributed by atoms with Crippen molar-refractivity contribution in [2.45, 2.75) is 31.9 Å². The number of carbonyl (C=O) groups excluding carboxylic acids is 1. The molecule has 3 rings (SSSR count). The summed E-state index contributed by atoms with van der Waals surface area (Å²) in [4.78, 5) is 14.5. The lowest BCUT2D eigenvalue weighted by atomic mass is 9.81. The predicted molar refractivity (Wildman–Crippen MR) is 103 cm³/mol. The highest BCUT2D eigenvalue weighted by atomic mass is 32.2. The van der Waals surface area contributed by atoms with Gasteiger partial charge in [0, 0.05) is 36.9 Å². The summed E-state index contributed by atoms with van der Waals surface area (Å²) in [6.45, 7) is 5.31. The highest BCUT2D eigenvalue weighted by Crippen LogP contribution is 2.33. The van der Waals surface area contributed by atoms with E-state index in [0.29, 0.717) is 18.2 Å². The second-order valence-electron chi connectivity index (χ2n) is 6.88. The van der Waals surface area contributed by atoms with E-state index in [9.17, 15) is 9.90 Å². The Hall–Kier alpha value is -1.79. The van der Waals surface area contributed by atoms with Crippen molar-refractivity contribution in [1.29, 1.82) is 0 Å². The van der Waals surface area contributed by atoms with Crippen LogP contribution in [0.5, 0.6) is 0 Å². The zero-order valence-electron chi connectivity index (χ0n) is 15.4. The Balaban J connectivity index is 1.53. The summed E-state index contributed by atoms with van der Waals surface area (Å²) >= 11 is 1.59. The molecule has 2 atom stereocenters. The molecule has 0 saturated carbocycles. The molecule has 140 valence electrons. The fourth-order valence-corrected chi connectivity index (χ4v) is 4.70. The van der Waals surface area contributed by atoms with E-state index in [4.69, 9.17) is 4.52 Å². The van der Waals surface area contributed by atoms with Crippen LogP contribution in [0, 0.1) is 19.8 Å². The lowest BCUT2D eigenvalue weighted by Crippen LogP contribution is -2.45. The molecule has 1 aliphatic heterocycles. The monoisotopic (exact) mass is 374 g/mol. The molecule has 26 heavy (non-hydrogen) atoms. The summed E-state index contributed by atoms with van der Waals surface area (Å²) < 4.78 is 5.17. The Kier molecular flexibility index (Phi) is 6.38. The van der Waals surface area contributed by atoms with Crippen LogP contribution in [-0.4, -0.2) is 46.5 Å². The van der Waals surface area contributed by atoms with E-state index in [1.165, 1.54) is 5.56 Å². The van der Waals surface area contributed by atoms with Gasteiger partial charge in [-0.1, -0.05) is 35.5 Å². The van der Waals surface area contributed by atoms with Gasteiger partial charge in [0.15, 0.2) is 0 Å². The number of aromatic nitrogens is 1. The van der Waals surface area contributed by atoms with E-state index < -0.39 is 0 Å². The van der Waals surface area contributed by atoms with E-state index in [1.54, 1.807) is 11.8 Å². The van der Waals surface area contributed by atoms with Gasteiger partial charge in [0.2, 0.25) is 5.91 Å². The number of thioether (sulfide) groups is 1. The molecule has 1 N–H and O–H groups in total. The zero-order chi connectivity index (χ0) is 18.5. The molecule has 1 saturated heterocycles. The van der Waals surface area contributed by atoms with Crippen molar-refractivity contribution in [3.05, 3.63) is 52.9 Å². The van der Waals surface area contributed by atoms with Gasteiger partial charge in [-0.25, -0.2) is 0 Å². The number of hydrogen-bond donors (Lipinski definition) is 1. The van der Waals surface area contributed by atoms with Gasteiger partial charge in [0.25, 0.3) is 0 Å². The third-order valence-electron chi connectivity index (χ3n) is 5.20. The van der Waals surface area contributed by atoms with E-state index in [1.807, 2.05) is 36.9 Å². The molecule has 0 aliphatic carbocycles. The van der Waals surface area contributed by atoms with Gasteiger partial charge in [-0.15, -0.1) is 11.8 Å². The molecule has 1 aliphatic rings. The SMILES string of the molecule is Cc1noc(C)c1CSCC(=O)N1CC[C@H](c2ccccc2)[C@H](CO)C1. The van der Waals surface area contributed by atoms with E-state index >= 15 is 0 Å². The fraction of sp³-hybridized carbons (Fsp3) is 0.500. The molecule has 0 bridgehead atoms. The van der Waals surface area contributed by atoms with Crippen LogP contribution in [0.3, 0.4) is 0 Å². The lowest BCUT2D eigenvalue weighted by molar-refractivity contribution is -0.130. The fourth-order valence-electron chi connectivity index (χ4n) is 3.62. The molecule has 1 aromatic heterocycles. The first-order valence-corrected chi connectivity index (χ1v) is 10.2. The largest absolute Gasteiger partial charge is 0.396 e. The average Bonchev–Trinajstić information content (AvgIpc) is 3.00. The summed E-state index contributed by atoms with van der Waals surface area (Å²) in [7, 11) is 0. The van der Waals surface area contributed by atoms with E-state index in [0.717, 1.165) is 35.7 Å². The van der Waals surface area contributed by atoms with Crippen LogP contribution in [0.15, 0.2) is 34.9 Å². The number of piperidine rings is 1. The Morgan fingerprint density at radius 3 is 2.77 bits per heavy atom. The number of likely N-dealkylation sites (tertiary alicyclic amines) is 1. The van der Waals surface area contributed by atoms with E-state index in [2.05, 4.69) is 17.3 Å². The number of aryl methyl sites for hydroxylation is 2. The number of aliphatic hydroxyl groups is 1. The minimum Gasteiger partial charge on any atom is -0.396 e. The van der Waals surface area contributed by atoms with Crippen LogP contribution in [0.2, 0.25) is 0 Å². The summed E-state index contributed by atoms with van der Waals surface area (Å²) in [5, 5.41) is 13.8. The molecule has 1 amide bonds. The Bertz CT molecular complexity index is 712. The van der Waals surface area contributed by atoms with Crippen molar-refractivity contribution in [2.75, 3.05) is 25.4 Å². The summed E-state index contributed by atoms with van der Waals surface area (Å²) in [6.07, 6.45) is 0.898. The van der Waals surface area contributed by atoms with Crippen LogP contribution in [0.1, 0.15) is 34.9 Å². The molecule has 0 radical (unpaired) electrons. The highest BCUT2D eigenvalue weighted by Gasteiger charge is 2.31. The van der Waals surface area contributed by atoms with Crippen molar-refractivity contribution in [3.8, 4) is 0 Å². The van der Waals surface area contributed by atoms with Crippen LogP contribution in [-0.2, 0) is 10.5 Å². The maximum atomic E-state index is 12.6. The minimum atomic E-state index is 0.0997. The lowest BCUT2D eigenvalue weighted by Gasteiger charge is -2.38. The highest BCUT2D eigenvalue weighted by molar-refractivity contribution is 7.99. The molecule has 0 spiro atoms. The molecule has 1 fully saturated rings. The molecular weight excluding hydrogens is 348 g/mol. The number of amides is 1. The molecular formula is C20H26N2O3S. The van der Waals surface area contributed by atoms with Gasteiger partial charge < -0.3 is 14.5 Å². The minimum absolute atomic E-state index is 0.0997. The van der Waals surface area contributed by atoms with Crippen molar-refractivity contribution in [1.82, 2.24) is 10.1 Å². The first-order valence-electron chi connectivity index (χ1n) is 9.03. The third kappa shape index (κ3) is 4.30. The number of benzene rings is 1. The number of carbonyl (C=O) groups is 1. The smallest absolute Gasteiger partial charge is 0.232 e. The van der Waals surface area contributed by atoms with Crippen molar-refractivity contribution < 1.29 is 14.4 Å². The third-order valence-corrected chi connectivity index (χ3v) is 6.15. The van der Waals surface area contributed by atoms with E-state index in [-0.39, 0.29) is 18.4 Å². The quantitative estimate of drug-likeness (QED) is 0.841. The first-order chi connectivity index (χ1) is 12.6. The van der Waals surface area contributed by atoms with Crippen molar-refractivity contribution >= 4 is 17.7 Å². The Labute approximate surface area is 158 Å². The second-order valence-corrected chi connectivity index (χ2v) is 7.87. The zero-order valence-corrected chi connectivity index (χ0v) is 16.2. The van der Waals surface area contributed by atoms with Crippen LogP contribution in [0.25, 0.3) is 0 Å². The standard InChI is InChI=1S/C20H26N2O3S/c1-14-19(15(2)25-21-14)12-26-13-20(24)22-9-8-18(17(10-22)11-23)16-6-4-3-5-7-16/h3-7,17-18,23H,8-13H2,1-2H3/t17-,18+/m0/s1. The van der Waals surface area contributed by atoms with Crippen molar-refractivity contribution in [2.24, 2.45) is 5.92 Å². The van der Waals surface area contributed by atoms with Gasteiger partial charge in [0.1, 0.15) is 5.76 Å². The molecule has 2 heterocycles. The average molecular weight is 375 g/mol. The maximum Gasteiger partial charge on any atom is 0.232 e. The number of nitrogens with zero attached hydrogens (tertiary/aromatic N) is 2. The van der Waals surface area contributed by atoms with Gasteiger partial charge in [-0.3, -0.25) is 4.79 Å². The molecule has 1 aromatic carbocycles. The predicted octanol–water partition coefficient (Wildman–Crippen LogP) is 3.15. The Morgan fingerprint density at radius 1 is 1.35 bits per heavy atom. The molecule has 2 aromatic rings. The number of aliphatic hydroxyl groups excluding tert-OH is 1. The van der Waals surface area contributed by atoms with Crippen molar-refractivity contribution in [3.63, 3.8) is 0 Å². The van der Waals surface area contributed by atoms with Gasteiger partial charge in [-0.05, 0) is 31.7 Å². The van der Waals surface area contributed by atoms with Crippen LogP contribution < -0.4 is 0 Å². The first kappa shape index (κ1) is 19.0. The van der Waals surface area contributed by atoms with Gasteiger partial charge in [-0.2, -0.15) is 0 Å². The molecule has 6 heteroatoms. The number of rotatable bonds is 6.